The van der Waals surface area contributed by atoms with Crippen molar-refractivity contribution in [1.82, 2.24) is 4.98 Å². The van der Waals surface area contributed by atoms with Crippen LogP contribution in [0.25, 0.3) is 0 Å². The number of rotatable bonds is 4. The molecule has 2 aromatic rings. The Kier molecular flexibility index (Phi) is 3.76. The van der Waals surface area contributed by atoms with E-state index in [2.05, 4.69) is 4.98 Å². The van der Waals surface area contributed by atoms with E-state index in [1.165, 1.54) is 0 Å². The van der Waals surface area contributed by atoms with Gasteiger partial charge in [0.25, 0.3) is 0 Å². The monoisotopic (exact) mass is 249 g/mol. The van der Waals surface area contributed by atoms with E-state index in [0.29, 0.717) is 12.5 Å². The van der Waals surface area contributed by atoms with E-state index in [4.69, 9.17) is 4.74 Å². The fraction of sp³-hybridized carbons (Fsp3) is 0.308. The number of ether oxygens (including phenoxy) is 1. The van der Waals surface area contributed by atoms with Gasteiger partial charge in [-0.25, -0.2) is 4.98 Å². The zero-order chi connectivity index (χ0) is 12.3. The van der Waals surface area contributed by atoms with E-state index in [9.17, 15) is 5.11 Å². The Morgan fingerprint density at radius 1 is 1.41 bits per heavy atom. The SMILES string of the molecule is Cc1cc(C)c(CO)c(OCc2cccs2)n1. The van der Waals surface area contributed by atoms with Crippen LogP contribution in [0.5, 0.6) is 5.88 Å². The summed E-state index contributed by atoms with van der Waals surface area (Å²) in [7, 11) is 0. The van der Waals surface area contributed by atoms with E-state index in [1.54, 1.807) is 11.3 Å². The fourth-order valence-electron chi connectivity index (χ4n) is 1.67. The summed E-state index contributed by atoms with van der Waals surface area (Å²) < 4.78 is 5.67. The summed E-state index contributed by atoms with van der Waals surface area (Å²) in [6, 6.07) is 5.96. The van der Waals surface area contributed by atoms with Crippen molar-refractivity contribution in [2.45, 2.75) is 27.1 Å². The summed E-state index contributed by atoms with van der Waals surface area (Å²) >= 11 is 1.65. The smallest absolute Gasteiger partial charge is 0.219 e. The van der Waals surface area contributed by atoms with Crippen LogP contribution in [-0.4, -0.2) is 10.1 Å². The number of aryl methyl sites for hydroxylation is 2. The van der Waals surface area contributed by atoms with Crippen molar-refractivity contribution in [3.8, 4) is 5.88 Å². The third-order valence-electron chi connectivity index (χ3n) is 2.53. The lowest BCUT2D eigenvalue weighted by molar-refractivity contribution is 0.253. The zero-order valence-corrected chi connectivity index (χ0v) is 10.8. The highest BCUT2D eigenvalue weighted by Gasteiger charge is 2.09. The normalized spacial score (nSPS) is 10.5. The first kappa shape index (κ1) is 12.1. The van der Waals surface area contributed by atoms with Crippen molar-refractivity contribution in [3.05, 3.63) is 45.3 Å². The molecule has 0 spiro atoms. The molecule has 0 saturated carbocycles. The lowest BCUT2D eigenvalue weighted by atomic mass is 10.1. The van der Waals surface area contributed by atoms with Gasteiger partial charge < -0.3 is 9.84 Å². The molecule has 1 N–H and O–H groups in total. The van der Waals surface area contributed by atoms with Gasteiger partial charge in [0.15, 0.2) is 0 Å². The molecule has 2 aromatic heterocycles. The number of aromatic nitrogens is 1. The number of hydrogen-bond acceptors (Lipinski definition) is 4. The van der Waals surface area contributed by atoms with Crippen LogP contribution in [0.3, 0.4) is 0 Å². The molecular weight excluding hydrogens is 234 g/mol. The van der Waals surface area contributed by atoms with Crippen molar-refractivity contribution in [2.24, 2.45) is 0 Å². The number of thiophene rings is 1. The maximum absolute atomic E-state index is 9.33. The Morgan fingerprint density at radius 3 is 2.88 bits per heavy atom. The van der Waals surface area contributed by atoms with Gasteiger partial charge in [0, 0.05) is 16.1 Å². The highest BCUT2D eigenvalue weighted by atomic mass is 32.1. The maximum Gasteiger partial charge on any atom is 0.219 e. The van der Waals surface area contributed by atoms with Crippen LogP contribution < -0.4 is 4.74 Å². The Hall–Kier alpha value is -1.39. The molecule has 0 radical (unpaired) electrons. The van der Waals surface area contributed by atoms with Crippen LogP contribution >= 0.6 is 11.3 Å². The van der Waals surface area contributed by atoms with Crippen LogP contribution in [-0.2, 0) is 13.2 Å². The first-order valence-corrected chi connectivity index (χ1v) is 6.32. The fourth-order valence-corrected chi connectivity index (χ4v) is 2.29. The highest BCUT2D eigenvalue weighted by Crippen LogP contribution is 2.22. The first-order valence-electron chi connectivity index (χ1n) is 5.44. The molecule has 0 bridgehead atoms. The average Bonchev–Trinajstić information content (AvgIpc) is 2.78. The quantitative estimate of drug-likeness (QED) is 0.906. The highest BCUT2D eigenvalue weighted by molar-refractivity contribution is 7.09. The van der Waals surface area contributed by atoms with E-state index < -0.39 is 0 Å². The third kappa shape index (κ3) is 2.84. The topological polar surface area (TPSA) is 42.4 Å². The molecule has 0 unspecified atom stereocenters. The van der Waals surface area contributed by atoms with Crippen molar-refractivity contribution >= 4 is 11.3 Å². The molecule has 0 aliphatic rings. The minimum atomic E-state index is -0.0428. The molecule has 90 valence electrons. The third-order valence-corrected chi connectivity index (χ3v) is 3.38. The summed E-state index contributed by atoms with van der Waals surface area (Å²) in [5.74, 6) is 0.540. The molecule has 0 saturated heterocycles. The standard InChI is InChI=1S/C13H15NO2S/c1-9-6-10(2)14-13(12(9)7-15)16-8-11-4-3-5-17-11/h3-6,15H,7-8H2,1-2H3. The number of pyridine rings is 1. The van der Waals surface area contributed by atoms with E-state index in [0.717, 1.165) is 21.7 Å². The Balaban J connectivity index is 2.19. The molecular formula is C13H15NO2S. The summed E-state index contributed by atoms with van der Waals surface area (Å²) in [6.45, 7) is 4.34. The van der Waals surface area contributed by atoms with Crippen molar-refractivity contribution in [2.75, 3.05) is 0 Å². The van der Waals surface area contributed by atoms with Crippen LogP contribution in [0, 0.1) is 13.8 Å². The summed E-state index contributed by atoms with van der Waals surface area (Å²) in [6.07, 6.45) is 0. The zero-order valence-electron chi connectivity index (χ0n) is 9.93. The molecule has 0 atom stereocenters. The molecule has 2 heterocycles. The largest absolute Gasteiger partial charge is 0.472 e. The lowest BCUT2D eigenvalue weighted by Gasteiger charge is -2.11. The summed E-state index contributed by atoms with van der Waals surface area (Å²) in [5.41, 5.74) is 2.69. The summed E-state index contributed by atoms with van der Waals surface area (Å²) in [4.78, 5) is 5.47. The van der Waals surface area contributed by atoms with Gasteiger partial charge in [-0.3, -0.25) is 0 Å². The van der Waals surface area contributed by atoms with Gasteiger partial charge in [0.05, 0.1) is 6.61 Å². The molecule has 17 heavy (non-hydrogen) atoms. The minimum Gasteiger partial charge on any atom is -0.472 e. The van der Waals surface area contributed by atoms with Gasteiger partial charge in [0.1, 0.15) is 6.61 Å². The average molecular weight is 249 g/mol. The molecule has 0 amide bonds. The lowest BCUT2D eigenvalue weighted by Crippen LogP contribution is -2.03. The molecule has 4 heteroatoms. The second-order valence-corrected chi connectivity index (χ2v) is 4.92. The Morgan fingerprint density at radius 2 is 2.24 bits per heavy atom. The van der Waals surface area contributed by atoms with Crippen LogP contribution in [0.4, 0.5) is 0 Å². The van der Waals surface area contributed by atoms with Gasteiger partial charge in [-0.2, -0.15) is 0 Å². The van der Waals surface area contributed by atoms with Gasteiger partial charge in [0.2, 0.25) is 5.88 Å². The van der Waals surface area contributed by atoms with Crippen molar-refractivity contribution < 1.29 is 9.84 Å². The van der Waals surface area contributed by atoms with Gasteiger partial charge >= 0.3 is 0 Å². The number of nitrogens with zero attached hydrogens (tertiary/aromatic N) is 1. The molecule has 0 aliphatic carbocycles. The Bertz CT molecular complexity index is 494. The predicted octanol–water partition coefficient (Wildman–Crippen LogP) is 2.83. The van der Waals surface area contributed by atoms with Gasteiger partial charge in [-0.05, 0) is 36.9 Å². The van der Waals surface area contributed by atoms with Crippen LogP contribution in [0.2, 0.25) is 0 Å². The minimum absolute atomic E-state index is 0.0428. The number of aliphatic hydroxyl groups is 1. The van der Waals surface area contributed by atoms with E-state index in [1.807, 2.05) is 37.4 Å². The maximum atomic E-state index is 9.33. The first-order chi connectivity index (χ1) is 8.20. The van der Waals surface area contributed by atoms with Crippen molar-refractivity contribution in [1.29, 1.82) is 0 Å². The van der Waals surface area contributed by atoms with Crippen molar-refractivity contribution in [3.63, 3.8) is 0 Å². The van der Waals surface area contributed by atoms with E-state index >= 15 is 0 Å². The Labute approximate surface area is 105 Å². The predicted molar refractivity (Wildman–Crippen MR) is 68.3 cm³/mol. The molecule has 3 nitrogen and oxygen atoms in total. The second kappa shape index (κ2) is 5.29. The van der Waals surface area contributed by atoms with Gasteiger partial charge in [-0.1, -0.05) is 6.07 Å². The summed E-state index contributed by atoms with van der Waals surface area (Å²) in [5, 5.41) is 11.3. The molecule has 0 fully saturated rings. The van der Waals surface area contributed by atoms with E-state index in [-0.39, 0.29) is 6.61 Å². The molecule has 0 aromatic carbocycles. The molecule has 0 aliphatic heterocycles. The van der Waals surface area contributed by atoms with Gasteiger partial charge in [-0.15, -0.1) is 11.3 Å². The number of hydrogen-bond donors (Lipinski definition) is 1. The second-order valence-electron chi connectivity index (χ2n) is 3.89. The van der Waals surface area contributed by atoms with Crippen LogP contribution in [0.1, 0.15) is 21.7 Å². The molecule has 2 rings (SSSR count). The number of aliphatic hydroxyl groups excluding tert-OH is 1. The van der Waals surface area contributed by atoms with Crippen LogP contribution in [0.15, 0.2) is 23.6 Å².